The number of hydrogen-bond acceptors (Lipinski definition) is 3. The van der Waals surface area contributed by atoms with E-state index in [-0.39, 0.29) is 11.9 Å². The van der Waals surface area contributed by atoms with Crippen molar-refractivity contribution in [2.45, 2.75) is 19.5 Å². The number of aromatic nitrogens is 2. The van der Waals surface area contributed by atoms with Crippen LogP contribution in [0.2, 0.25) is 0 Å². The van der Waals surface area contributed by atoms with Gasteiger partial charge in [-0.2, -0.15) is 0 Å². The van der Waals surface area contributed by atoms with Crippen LogP contribution in [0.3, 0.4) is 0 Å². The summed E-state index contributed by atoms with van der Waals surface area (Å²) >= 11 is 0. The zero-order valence-corrected chi connectivity index (χ0v) is 10.9. The second kappa shape index (κ2) is 6.15. The largest absolute Gasteiger partial charge is 0.344 e. The lowest BCUT2D eigenvalue weighted by Crippen LogP contribution is -2.26. The lowest BCUT2D eigenvalue weighted by atomic mass is 10.1. The van der Waals surface area contributed by atoms with Crippen molar-refractivity contribution in [2.75, 3.05) is 6.54 Å². The predicted octanol–water partition coefficient (Wildman–Crippen LogP) is 1.33. The summed E-state index contributed by atoms with van der Waals surface area (Å²) in [5, 5.41) is 2.92. The number of hydrogen-bond donors (Lipinski definition) is 2. The first-order valence-electron chi connectivity index (χ1n) is 6.28. The first-order valence-corrected chi connectivity index (χ1v) is 6.28. The number of benzene rings is 1. The number of carbonyl (C=O) groups excluding carboxylic acids is 1. The van der Waals surface area contributed by atoms with Gasteiger partial charge in [0.15, 0.2) is 0 Å². The summed E-state index contributed by atoms with van der Waals surface area (Å²) in [6, 6.07) is 9.78. The van der Waals surface area contributed by atoms with E-state index in [1.807, 2.05) is 41.8 Å². The second-order valence-corrected chi connectivity index (χ2v) is 4.39. The minimum absolute atomic E-state index is 0.0478. The maximum absolute atomic E-state index is 12.0. The summed E-state index contributed by atoms with van der Waals surface area (Å²) in [6.07, 6.45) is 3.33. The van der Waals surface area contributed by atoms with E-state index in [0.717, 1.165) is 5.56 Å². The highest BCUT2D eigenvalue weighted by Crippen LogP contribution is 2.11. The summed E-state index contributed by atoms with van der Waals surface area (Å²) in [6.45, 7) is 3.14. The Kier molecular flexibility index (Phi) is 4.30. The molecule has 3 N–H and O–H groups in total. The molecule has 100 valence electrons. The summed E-state index contributed by atoms with van der Waals surface area (Å²) in [5.74, 6) is -0.174. The molecule has 0 bridgehead atoms. The summed E-state index contributed by atoms with van der Waals surface area (Å²) in [7, 11) is 0. The molecule has 0 saturated heterocycles. The first-order chi connectivity index (χ1) is 9.20. The SMILES string of the molecule is C[C@@H](NC(=O)c1cn(CCN)cn1)c1ccccc1. The van der Waals surface area contributed by atoms with Crippen molar-refractivity contribution in [1.82, 2.24) is 14.9 Å². The highest BCUT2D eigenvalue weighted by Gasteiger charge is 2.13. The van der Waals surface area contributed by atoms with E-state index in [1.54, 1.807) is 12.5 Å². The quantitative estimate of drug-likeness (QED) is 0.849. The molecule has 0 spiro atoms. The van der Waals surface area contributed by atoms with Crippen LogP contribution in [-0.4, -0.2) is 22.0 Å². The maximum Gasteiger partial charge on any atom is 0.271 e. The fourth-order valence-electron chi connectivity index (χ4n) is 1.84. The monoisotopic (exact) mass is 258 g/mol. The third-order valence-corrected chi connectivity index (χ3v) is 2.90. The van der Waals surface area contributed by atoms with Crippen LogP contribution in [0.4, 0.5) is 0 Å². The smallest absolute Gasteiger partial charge is 0.271 e. The second-order valence-electron chi connectivity index (χ2n) is 4.39. The Hall–Kier alpha value is -2.14. The summed E-state index contributed by atoms with van der Waals surface area (Å²) in [4.78, 5) is 16.1. The van der Waals surface area contributed by atoms with Gasteiger partial charge in [-0.25, -0.2) is 4.98 Å². The normalized spacial score (nSPS) is 12.1. The Balaban J connectivity index is 2.00. The minimum atomic E-state index is -0.174. The molecular formula is C14H18N4O. The average molecular weight is 258 g/mol. The van der Waals surface area contributed by atoms with Crippen LogP contribution in [0, 0.1) is 0 Å². The van der Waals surface area contributed by atoms with Gasteiger partial charge >= 0.3 is 0 Å². The number of nitrogens with zero attached hydrogens (tertiary/aromatic N) is 2. The molecule has 1 aromatic heterocycles. The molecule has 1 heterocycles. The third kappa shape index (κ3) is 3.42. The van der Waals surface area contributed by atoms with Crippen molar-refractivity contribution < 1.29 is 4.79 Å². The minimum Gasteiger partial charge on any atom is -0.344 e. The molecule has 0 aliphatic heterocycles. The van der Waals surface area contributed by atoms with Crippen molar-refractivity contribution in [3.05, 3.63) is 54.1 Å². The predicted molar refractivity (Wildman–Crippen MR) is 73.6 cm³/mol. The van der Waals surface area contributed by atoms with Gasteiger partial charge < -0.3 is 15.6 Å². The molecule has 19 heavy (non-hydrogen) atoms. The molecule has 2 rings (SSSR count). The Bertz CT molecular complexity index is 535. The zero-order chi connectivity index (χ0) is 13.7. The van der Waals surface area contributed by atoms with Crippen LogP contribution in [0.1, 0.15) is 29.0 Å². The highest BCUT2D eigenvalue weighted by molar-refractivity contribution is 5.92. The highest BCUT2D eigenvalue weighted by atomic mass is 16.1. The van der Waals surface area contributed by atoms with Gasteiger partial charge in [-0.3, -0.25) is 4.79 Å². The standard InChI is InChI=1S/C14H18N4O/c1-11(12-5-3-2-4-6-12)17-14(19)13-9-18(8-7-15)10-16-13/h2-6,9-11H,7-8,15H2,1H3,(H,17,19)/t11-/m1/s1. The van der Waals surface area contributed by atoms with Crippen LogP contribution in [0.5, 0.6) is 0 Å². The fraction of sp³-hybridized carbons (Fsp3) is 0.286. The van der Waals surface area contributed by atoms with Gasteiger partial charge in [0.05, 0.1) is 12.4 Å². The number of nitrogens with one attached hydrogen (secondary N) is 1. The van der Waals surface area contributed by atoms with Crippen LogP contribution in [-0.2, 0) is 6.54 Å². The van der Waals surface area contributed by atoms with Gasteiger partial charge in [0.1, 0.15) is 5.69 Å². The van der Waals surface area contributed by atoms with E-state index in [1.165, 1.54) is 0 Å². The molecule has 2 aromatic rings. The Morgan fingerprint density at radius 2 is 2.16 bits per heavy atom. The van der Waals surface area contributed by atoms with Crippen molar-refractivity contribution in [3.8, 4) is 0 Å². The molecule has 0 saturated carbocycles. The Morgan fingerprint density at radius 3 is 2.84 bits per heavy atom. The Morgan fingerprint density at radius 1 is 1.42 bits per heavy atom. The van der Waals surface area contributed by atoms with Crippen LogP contribution < -0.4 is 11.1 Å². The number of carbonyl (C=O) groups is 1. The van der Waals surface area contributed by atoms with Gasteiger partial charge in [-0.1, -0.05) is 30.3 Å². The molecular weight excluding hydrogens is 240 g/mol. The van der Waals surface area contributed by atoms with E-state index >= 15 is 0 Å². The molecule has 0 unspecified atom stereocenters. The summed E-state index contributed by atoms with van der Waals surface area (Å²) in [5.41, 5.74) is 6.93. The molecule has 0 aliphatic carbocycles. The van der Waals surface area contributed by atoms with Gasteiger partial charge in [-0.05, 0) is 12.5 Å². The number of imidazole rings is 1. The lowest BCUT2D eigenvalue weighted by Gasteiger charge is -2.13. The molecule has 5 nitrogen and oxygen atoms in total. The van der Waals surface area contributed by atoms with Crippen molar-refractivity contribution in [2.24, 2.45) is 5.73 Å². The molecule has 1 atom stereocenters. The van der Waals surface area contributed by atoms with E-state index in [2.05, 4.69) is 10.3 Å². The molecule has 1 amide bonds. The molecule has 0 aliphatic rings. The topological polar surface area (TPSA) is 72.9 Å². The van der Waals surface area contributed by atoms with E-state index in [4.69, 9.17) is 5.73 Å². The molecule has 5 heteroatoms. The average Bonchev–Trinajstić information content (AvgIpc) is 2.89. The van der Waals surface area contributed by atoms with Crippen molar-refractivity contribution in [1.29, 1.82) is 0 Å². The van der Waals surface area contributed by atoms with E-state index in [0.29, 0.717) is 18.8 Å². The fourth-order valence-corrected chi connectivity index (χ4v) is 1.84. The number of nitrogens with two attached hydrogens (primary N) is 1. The molecule has 1 aromatic carbocycles. The maximum atomic E-state index is 12.0. The Labute approximate surface area is 112 Å². The van der Waals surface area contributed by atoms with Gasteiger partial charge in [0, 0.05) is 19.3 Å². The van der Waals surface area contributed by atoms with E-state index < -0.39 is 0 Å². The number of rotatable bonds is 5. The van der Waals surface area contributed by atoms with Gasteiger partial charge in [0.25, 0.3) is 5.91 Å². The summed E-state index contributed by atoms with van der Waals surface area (Å²) < 4.78 is 1.81. The molecule has 0 radical (unpaired) electrons. The first kappa shape index (κ1) is 13.3. The van der Waals surface area contributed by atoms with Gasteiger partial charge in [-0.15, -0.1) is 0 Å². The molecule has 0 fully saturated rings. The van der Waals surface area contributed by atoms with Crippen LogP contribution >= 0.6 is 0 Å². The van der Waals surface area contributed by atoms with E-state index in [9.17, 15) is 4.79 Å². The van der Waals surface area contributed by atoms with Crippen molar-refractivity contribution in [3.63, 3.8) is 0 Å². The van der Waals surface area contributed by atoms with Crippen LogP contribution in [0.15, 0.2) is 42.9 Å². The lowest BCUT2D eigenvalue weighted by molar-refractivity contribution is 0.0935. The van der Waals surface area contributed by atoms with Crippen molar-refractivity contribution >= 4 is 5.91 Å². The zero-order valence-electron chi connectivity index (χ0n) is 10.9. The van der Waals surface area contributed by atoms with Gasteiger partial charge in [0.2, 0.25) is 0 Å². The number of amides is 1. The third-order valence-electron chi connectivity index (χ3n) is 2.90. The van der Waals surface area contributed by atoms with Crippen LogP contribution in [0.25, 0.3) is 0 Å².